The SMILES string of the molecule is CCCCCCCCCCCCCCCCCCOc1ccc(N=Nc2ccc(C)cc2)cc1C.Cc1cc(N=Nc2ccc(O)cc2)ccc1O. The van der Waals surface area contributed by atoms with Crippen LogP contribution >= 0.6 is 0 Å². The van der Waals surface area contributed by atoms with Crippen LogP contribution in [0, 0.1) is 20.8 Å². The zero-order chi connectivity index (χ0) is 37.2. The number of benzene rings is 4. The van der Waals surface area contributed by atoms with Crippen LogP contribution < -0.4 is 4.74 Å². The van der Waals surface area contributed by atoms with Crippen molar-refractivity contribution in [3.05, 3.63) is 102 Å². The highest BCUT2D eigenvalue weighted by Gasteiger charge is 2.02. The maximum absolute atomic E-state index is 9.36. The second-order valence-corrected chi connectivity index (χ2v) is 13.8. The number of aryl methyl sites for hydroxylation is 3. The van der Waals surface area contributed by atoms with Gasteiger partial charge in [0.25, 0.3) is 0 Å². The van der Waals surface area contributed by atoms with Crippen LogP contribution in [0.25, 0.3) is 0 Å². The molecular formula is C45H62N4O3. The van der Waals surface area contributed by atoms with Crippen molar-refractivity contribution in [3.8, 4) is 17.2 Å². The number of ether oxygens (including phenoxy) is 1. The summed E-state index contributed by atoms with van der Waals surface area (Å²) in [6.07, 6.45) is 22.3. The molecule has 0 atom stereocenters. The molecule has 0 aliphatic carbocycles. The van der Waals surface area contributed by atoms with Gasteiger partial charge in [-0.05, 0) is 111 Å². The molecule has 280 valence electrons. The fourth-order valence-corrected chi connectivity index (χ4v) is 5.75. The summed E-state index contributed by atoms with van der Waals surface area (Å²) in [5.41, 5.74) is 6.16. The van der Waals surface area contributed by atoms with Gasteiger partial charge in [0.2, 0.25) is 0 Å². The van der Waals surface area contributed by atoms with Crippen LogP contribution in [-0.4, -0.2) is 16.8 Å². The summed E-state index contributed by atoms with van der Waals surface area (Å²) in [4.78, 5) is 0. The summed E-state index contributed by atoms with van der Waals surface area (Å²) in [6.45, 7) is 9.04. The number of rotatable bonds is 22. The standard InChI is InChI=1S/C32H50N2O.C13H12N2O2/c1-4-5-6-7-8-9-10-11-12-13-14-15-16-17-18-19-26-35-32-25-24-31(27-29(32)3)34-33-30-22-20-28(2)21-23-30;1-9-8-11(4-7-13(9)17)15-14-10-2-5-12(16)6-3-10/h20-25,27H,4-19,26H2,1-3H3;2-8,16-17H,1H3. The summed E-state index contributed by atoms with van der Waals surface area (Å²) in [5.74, 6) is 1.40. The third kappa shape index (κ3) is 18.1. The topological polar surface area (TPSA) is 99.1 Å². The van der Waals surface area contributed by atoms with E-state index in [9.17, 15) is 5.11 Å². The molecule has 0 radical (unpaired) electrons. The first kappa shape index (κ1) is 41.9. The van der Waals surface area contributed by atoms with Gasteiger partial charge in [-0.15, -0.1) is 0 Å². The lowest BCUT2D eigenvalue weighted by Gasteiger charge is -2.09. The molecule has 4 aromatic carbocycles. The van der Waals surface area contributed by atoms with Crippen molar-refractivity contribution in [2.45, 2.75) is 130 Å². The Bertz CT molecular complexity index is 1600. The molecule has 7 heteroatoms. The van der Waals surface area contributed by atoms with E-state index in [1.807, 2.05) is 30.3 Å². The summed E-state index contributed by atoms with van der Waals surface area (Å²) in [7, 11) is 0. The van der Waals surface area contributed by atoms with Gasteiger partial charge in [-0.1, -0.05) is 121 Å². The minimum absolute atomic E-state index is 0.199. The van der Waals surface area contributed by atoms with E-state index in [-0.39, 0.29) is 11.5 Å². The Labute approximate surface area is 313 Å². The molecule has 0 aliphatic heterocycles. The van der Waals surface area contributed by atoms with Crippen molar-refractivity contribution in [1.82, 2.24) is 0 Å². The first-order chi connectivity index (χ1) is 25.3. The Morgan fingerprint density at radius 3 is 1.33 bits per heavy atom. The highest BCUT2D eigenvalue weighted by molar-refractivity contribution is 5.48. The Morgan fingerprint density at radius 2 is 0.846 bits per heavy atom. The van der Waals surface area contributed by atoms with E-state index < -0.39 is 0 Å². The normalized spacial score (nSPS) is 11.2. The van der Waals surface area contributed by atoms with E-state index in [1.54, 1.807) is 49.4 Å². The second kappa shape index (κ2) is 25.4. The smallest absolute Gasteiger partial charge is 0.122 e. The van der Waals surface area contributed by atoms with Gasteiger partial charge in [0, 0.05) is 0 Å². The van der Waals surface area contributed by atoms with Gasteiger partial charge >= 0.3 is 0 Å². The largest absolute Gasteiger partial charge is 0.508 e. The lowest BCUT2D eigenvalue weighted by molar-refractivity contribution is 0.302. The van der Waals surface area contributed by atoms with Crippen molar-refractivity contribution in [3.63, 3.8) is 0 Å². The molecule has 4 rings (SSSR count). The summed E-state index contributed by atoms with van der Waals surface area (Å²) >= 11 is 0. The highest BCUT2D eigenvalue weighted by atomic mass is 16.5. The molecule has 0 bridgehead atoms. The molecule has 0 fully saturated rings. The summed E-state index contributed by atoms with van der Waals surface area (Å²) < 4.78 is 6.01. The Kier molecular flexibility index (Phi) is 20.5. The van der Waals surface area contributed by atoms with Crippen molar-refractivity contribution in [2.24, 2.45) is 20.5 Å². The third-order valence-corrected chi connectivity index (χ3v) is 9.04. The van der Waals surface area contributed by atoms with Crippen LogP contribution in [0.1, 0.15) is 126 Å². The van der Waals surface area contributed by atoms with Gasteiger partial charge in [-0.25, -0.2) is 0 Å². The van der Waals surface area contributed by atoms with Crippen LogP contribution in [0.4, 0.5) is 22.7 Å². The molecule has 0 heterocycles. The summed E-state index contributed by atoms with van der Waals surface area (Å²) in [5, 5.41) is 35.2. The van der Waals surface area contributed by atoms with E-state index in [2.05, 4.69) is 53.4 Å². The van der Waals surface area contributed by atoms with Gasteiger partial charge in [0.1, 0.15) is 17.2 Å². The number of phenols is 2. The van der Waals surface area contributed by atoms with E-state index in [4.69, 9.17) is 9.84 Å². The number of hydrogen-bond donors (Lipinski definition) is 2. The molecule has 2 N–H and O–H groups in total. The predicted octanol–water partition coefficient (Wildman–Crippen LogP) is 15.2. The molecule has 7 nitrogen and oxygen atoms in total. The molecule has 52 heavy (non-hydrogen) atoms. The average Bonchev–Trinajstić information content (AvgIpc) is 3.15. The van der Waals surface area contributed by atoms with Crippen LogP contribution in [-0.2, 0) is 0 Å². The molecule has 0 saturated carbocycles. The lowest BCUT2D eigenvalue weighted by Crippen LogP contribution is -1.98. The molecule has 0 aromatic heterocycles. The minimum Gasteiger partial charge on any atom is -0.508 e. The number of hydrogen-bond acceptors (Lipinski definition) is 7. The summed E-state index contributed by atoms with van der Waals surface area (Å²) in [6, 6.07) is 25.6. The molecule has 0 aliphatic rings. The molecule has 0 saturated heterocycles. The fraction of sp³-hybridized carbons (Fsp3) is 0.467. The molecule has 0 amide bonds. The van der Waals surface area contributed by atoms with E-state index >= 15 is 0 Å². The maximum atomic E-state index is 9.36. The Hall–Kier alpha value is -4.52. The van der Waals surface area contributed by atoms with Crippen LogP contribution in [0.3, 0.4) is 0 Å². The van der Waals surface area contributed by atoms with Crippen molar-refractivity contribution in [1.29, 1.82) is 0 Å². The van der Waals surface area contributed by atoms with Gasteiger partial charge in [0.15, 0.2) is 0 Å². The van der Waals surface area contributed by atoms with Crippen molar-refractivity contribution >= 4 is 22.7 Å². The number of unbranched alkanes of at least 4 members (excludes halogenated alkanes) is 15. The van der Waals surface area contributed by atoms with Gasteiger partial charge in [-0.3, -0.25) is 0 Å². The number of phenolic OH excluding ortho intramolecular Hbond substituents is 2. The quantitative estimate of drug-likeness (QED) is 0.0628. The maximum Gasteiger partial charge on any atom is 0.122 e. The first-order valence-electron chi connectivity index (χ1n) is 19.6. The van der Waals surface area contributed by atoms with Crippen LogP contribution in [0.2, 0.25) is 0 Å². The molecule has 0 unspecified atom stereocenters. The molecule has 0 spiro atoms. The van der Waals surface area contributed by atoms with E-state index in [0.717, 1.165) is 41.3 Å². The number of aromatic hydroxyl groups is 2. The zero-order valence-electron chi connectivity index (χ0n) is 32.2. The average molecular weight is 707 g/mol. The van der Waals surface area contributed by atoms with Crippen LogP contribution in [0.15, 0.2) is 105 Å². The molecule has 4 aromatic rings. The van der Waals surface area contributed by atoms with Gasteiger partial charge in [-0.2, -0.15) is 20.5 Å². The zero-order valence-corrected chi connectivity index (χ0v) is 32.2. The van der Waals surface area contributed by atoms with E-state index in [0.29, 0.717) is 11.4 Å². The second-order valence-electron chi connectivity index (χ2n) is 13.8. The highest BCUT2D eigenvalue weighted by Crippen LogP contribution is 2.27. The lowest BCUT2D eigenvalue weighted by atomic mass is 10.0. The first-order valence-corrected chi connectivity index (χ1v) is 19.6. The monoisotopic (exact) mass is 706 g/mol. The predicted molar refractivity (Wildman–Crippen MR) is 217 cm³/mol. The Morgan fingerprint density at radius 1 is 0.442 bits per heavy atom. The molecular weight excluding hydrogens is 645 g/mol. The van der Waals surface area contributed by atoms with Crippen molar-refractivity contribution in [2.75, 3.05) is 6.61 Å². The number of azo groups is 2. The number of nitrogens with zero attached hydrogens (tertiary/aromatic N) is 4. The minimum atomic E-state index is 0.199. The third-order valence-electron chi connectivity index (χ3n) is 9.04. The van der Waals surface area contributed by atoms with Crippen LogP contribution in [0.5, 0.6) is 17.2 Å². The Balaban J connectivity index is 0.000000355. The van der Waals surface area contributed by atoms with E-state index in [1.165, 1.54) is 102 Å². The van der Waals surface area contributed by atoms with Crippen molar-refractivity contribution < 1.29 is 14.9 Å². The fourth-order valence-electron chi connectivity index (χ4n) is 5.75. The van der Waals surface area contributed by atoms with Gasteiger partial charge < -0.3 is 14.9 Å². The van der Waals surface area contributed by atoms with Gasteiger partial charge in [0.05, 0.1) is 29.4 Å².